The van der Waals surface area contributed by atoms with Gasteiger partial charge in [-0.1, -0.05) is 41.9 Å². The van der Waals surface area contributed by atoms with E-state index in [9.17, 15) is 9.18 Å². The fourth-order valence-corrected chi connectivity index (χ4v) is 3.77. The molecule has 4 aromatic rings. The van der Waals surface area contributed by atoms with Gasteiger partial charge < -0.3 is 4.90 Å². The molecule has 1 aromatic heterocycles. The van der Waals surface area contributed by atoms with Crippen molar-refractivity contribution in [3.05, 3.63) is 101 Å². The summed E-state index contributed by atoms with van der Waals surface area (Å²) in [6, 6.07) is 23.0. The average Bonchev–Trinajstić information content (AvgIpc) is 3.27. The van der Waals surface area contributed by atoms with Gasteiger partial charge in [0.25, 0.3) is 5.91 Å². The van der Waals surface area contributed by atoms with Gasteiger partial charge in [0.1, 0.15) is 5.82 Å². The van der Waals surface area contributed by atoms with Crippen LogP contribution in [0.4, 0.5) is 10.1 Å². The van der Waals surface area contributed by atoms with Gasteiger partial charge in [0.05, 0.1) is 17.9 Å². The van der Waals surface area contributed by atoms with E-state index >= 15 is 0 Å². The lowest BCUT2D eigenvalue weighted by Gasteiger charge is -2.17. The van der Waals surface area contributed by atoms with E-state index in [1.807, 2.05) is 30.3 Å². The average molecular weight is 404 g/mol. The largest absolute Gasteiger partial charge is 0.302 e. The Balaban J connectivity index is 1.71. The SMILES string of the molecule is O=C1c2nn(-c3ccc(Cl)cc3)c(-c3ccccc3F)c2CN1c1ccccc1. The van der Waals surface area contributed by atoms with Crippen LogP contribution in [-0.4, -0.2) is 15.7 Å². The van der Waals surface area contributed by atoms with Gasteiger partial charge in [0.15, 0.2) is 5.69 Å². The molecule has 6 heteroatoms. The first kappa shape index (κ1) is 17.6. The molecule has 0 spiro atoms. The van der Waals surface area contributed by atoms with Gasteiger partial charge in [-0.25, -0.2) is 9.07 Å². The molecule has 1 amide bonds. The van der Waals surface area contributed by atoms with Crippen molar-refractivity contribution in [3.8, 4) is 16.9 Å². The number of hydrogen-bond donors (Lipinski definition) is 0. The van der Waals surface area contributed by atoms with Crippen LogP contribution < -0.4 is 4.90 Å². The third kappa shape index (κ3) is 2.91. The smallest absolute Gasteiger partial charge is 0.279 e. The Bertz CT molecular complexity index is 1220. The molecule has 0 atom stereocenters. The molecular formula is C23H15ClFN3O. The van der Waals surface area contributed by atoms with E-state index in [1.54, 1.807) is 52.0 Å². The van der Waals surface area contributed by atoms with Crippen molar-refractivity contribution in [2.24, 2.45) is 0 Å². The van der Waals surface area contributed by atoms with Crippen LogP contribution in [-0.2, 0) is 6.54 Å². The summed E-state index contributed by atoms with van der Waals surface area (Å²) in [4.78, 5) is 14.8. The van der Waals surface area contributed by atoms with Crippen molar-refractivity contribution >= 4 is 23.2 Å². The molecule has 0 radical (unpaired) electrons. The van der Waals surface area contributed by atoms with Crippen molar-refractivity contribution in [1.82, 2.24) is 9.78 Å². The lowest BCUT2D eigenvalue weighted by molar-refractivity contribution is 0.0991. The zero-order chi connectivity index (χ0) is 20.0. The maximum absolute atomic E-state index is 14.7. The number of hydrogen-bond acceptors (Lipinski definition) is 2. The van der Waals surface area contributed by atoms with E-state index in [0.717, 1.165) is 5.69 Å². The minimum atomic E-state index is -0.365. The maximum atomic E-state index is 14.7. The Morgan fingerprint density at radius 2 is 1.55 bits per heavy atom. The number of amides is 1. The molecule has 0 unspecified atom stereocenters. The first-order chi connectivity index (χ1) is 14.1. The fourth-order valence-electron chi connectivity index (χ4n) is 3.65. The number of rotatable bonds is 3. The summed E-state index contributed by atoms with van der Waals surface area (Å²) < 4.78 is 16.4. The zero-order valence-electron chi connectivity index (χ0n) is 15.2. The van der Waals surface area contributed by atoms with Gasteiger partial charge >= 0.3 is 0 Å². The van der Waals surface area contributed by atoms with Crippen LogP contribution >= 0.6 is 11.6 Å². The number of para-hydroxylation sites is 1. The second-order valence-corrected chi connectivity index (χ2v) is 7.21. The Kier molecular flexibility index (Phi) is 4.18. The van der Waals surface area contributed by atoms with Gasteiger partial charge in [0, 0.05) is 21.8 Å². The van der Waals surface area contributed by atoms with Gasteiger partial charge in [-0.15, -0.1) is 0 Å². The first-order valence-corrected chi connectivity index (χ1v) is 9.51. The van der Waals surface area contributed by atoms with E-state index in [0.29, 0.717) is 39.8 Å². The number of carbonyl (C=O) groups excluding carboxylic acids is 1. The van der Waals surface area contributed by atoms with Crippen molar-refractivity contribution < 1.29 is 9.18 Å². The van der Waals surface area contributed by atoms with Crippen LogP contribution in [0.5, 0.6) is 0 Å². The molecule has 1 aliphatic rings. The molecule has 5 rings (SSSR count). The van der Waals surface area contributed by atoms with Crippen LogP contribution in [0.3, 0.4) is 0 Å². The second-order valence-electron chi connectivity index (χ2n) is 6.77. The van der Waals surface area contributed by atoms with Crippen molar-refractivity contribution in [2.45, 2.75) is 6.54 Å². The monoisotopic (exact) mass is 403 g/mol. The summed E-state index contributed by atoms with van der Waals surface area (Å²) in [6.45, 7) is 0.329. The molecule has 0 saturated carbocycles. The molecule has 29 heavy (non-hydrogen) atoms. The van der Waals surface area contributed by atoms with E-state index in [2.05, 4.69) is 5.10 Å². The van der Waals surface area contributed by atoms with Crippen LogP contribution in [0.1, 0.15) is 16.1 Å². The number of fused-ring (bicyclic) bond motifs is 1. The van der Waals surface area contributed by atoms with E-state index in [4.69, 9.17) is 11.6 Å². The van der Waals surface area contributed by atoms with E-state index < -0.39 is 0 Å². The van der Waals surface area contributed by atoms with Crippen LogP contribution in [0.15, 0.2) is 78.9 Å². The third-order valence-electron chi connectivity index (χ3n) is 5.02. The van der Waals surface area contributed by atoms with Gasteiger partial charge in [-0.2, -0.15) is 5.10 Å². The minimum absolute atomic E-state index is 0.198. The molecule has 142 valence electrons. The first-order valence-electron chi connectivity index (χ1n) is 9.13. The molecule has 1 aliphatic heterocycles. The van der Waals surface area contributed by atoms with E-state index in [1.165, 1.54) is 6.07 Å². The summed E-state index contributed by atoms with van der Waals surface area (Å²) in [6.07, 6.45) is 0. The number of aromatic nitrogens is 2. The highest BCUT2D eigenvalue weighted by Gasteiger charge is 2.36. The second kappa shape index (κ2) is 6.87. The maximum Gasteiger partial charge on any atom is 0.279 e. The molecule has 4 nitrogen and oxygen atoms in total. The summed E-state index contributed by atoms with van der Waals surface area (Å²) in [5, 5.41) is 5.17. The number of carbonyl (C=O) groups is 1. The highest BCUT2D eigenvalue weighted by Crippen LogP contribution is 2.37. The number of nitrogens with zero attached hydrogens (tertiary/aromatic N) is 3. The van der Waals surface area contributed by atoms with Gasteiger partial charge in [-0.3, -0.25) is 4.79 Å². The summed E-state index contributed by atoms with van der Waals surface area (Å²) in [7, 11) is 0. The molecule has 3 aromatic carbocycles. The molecule has 0 fully saturated rings. The Hall–Kier alpha value is -3.44. The quantitative estimate of drug-likeness (QED) is 0.453. The Morgan fingerprint density at radius 1 is 0.862 bits per heavy atom. The molecule has 0 saturated heterocycles. The number of anilines is 1. The zero-order valence-corrected chi connectivity index (χ0v) is 16.0. The molecule has 2 heterocycles. The molecular weight excluding hydrogens is 389 g/mol. The van der Waals surface area contributed by atoms with E-state index in [-0.39, 0.29) is 11.7 Å². The molecule has 0 aliphatic carbocycles. The van der Waals surface area contributed by atoms with Gasteiger partial charge in [0.2, 0.25) is 0 Å². The molecule has 0 bridgehead atoms. The minimum Gasteiger partial charge on any atom is -0.302 e. The molecule has 0 N–H and O–H groups in total. The normalized spacial score (nSPS) is 13.0. The topological polar surface area (TPSA) is 38.1 Å². The van der Waals surface area contributed by atoms with Crippen LogP contribution in [0.2, 0.25) is 5.02 Å². The van der Waals surface area contributed by atoms with Crippen molar-refractivity contribution in [1.29, 1.82) is 0 Å². The van der Waals surface area contributed by atoms with Crippen LogP contribution in [0, 0.1) is 5.82 Å². The summed E-state index contributed by atoms with van der Waals surface area (Å²) in [5.74, 6) is -0.562. The standard InChI is InChI=1S/C23H15ClFN3O/c24-15-10-12-17(13-11-15)28-22(18-8-4-5-9-20(18)25)19-14-27(23(29)21(19)26-28)16-6-2-1-3-7-16/h1-13H,14H2. The lowest BCUT2D eigenvalue weighted by atomic mass is 10.1. The van der Waals surface area contributed by atoms with Crippen molar-refractivity contribution in [2.75, 3.05) is 4.90 Å². The van der Waals surface area contributed by atoms with Crippen LogP contribution in [0.25, 0.3) is 16.9 Å². The highest BCUT2D eigenvalue weighted by atomic mass is 35.5. The Morgan fingerprint density at radius 3 is 2.28 bits per heavy atom. The van der Waals surface area contributed by atoms with Crippen molar-refractivity contribution in [3.63, 3.8) is 0 Å². The highest BCUT2D eigenvalue weighted by molar-refractivity contribution is 6.30. The summed E-state index contributed by atoms with van der Waals surface area (Å²) >= 11 is 6.02. The Labute approximate surface area is 171 Å². The van der Waals surface area contributed by atoms with Gasteiger partial charge in [-0.05, 0) is 48.5 Å². The third-order valence-corrected chi connectivity index (χ3v) is 5.27. The predicted octanol–water partition coefficient (Wildman–Crippen LogP) is 5.49. The predicted molar refractivity (Wildman–Crippen MR) is 111 cm³/mol. The lowest BCUT2D eigenvalue weighted by Crippen LogP contribution is -2.24. The summed E-state index contributed by atoms with van der Waals surface area (Å²) in [5.41, 5.74) is 3.52. The number of halogens is 2. The fraction of sp³-hybridized carbons (Fsp3) is 0.0435. The number of benzene rings is 3.